The van der Waals surface area contributed by atoms with Gasteiger partial charge in [-0.15, -0.1) is 0 Å². The van der Waals surface area contributed by atoms with E-state index in [9.17, 15) is 4.79 Å². The Kier molecular flexibility index (Phi) is 3.38. The van der Waals surface area contributed by atoms with Gasteiger partial charge in [0.05, 0.1) is 0 Å². The molecule has 0 atom stereocenters. The molecule has 116 valence electrons. The fourth-order valence-corrected chi connectivity index (χ4v) is 2.75. The lowest BCUT2D eigenvalue weighted by molar-refractivity contribution is 0.102. The summed E-state index contributed by atoms with van der Waals surface area (Å²) in [6.45, 7) is 0.916. The number of imidazole rings is 1. The maximum absolute atomic E-state index is 12.4. The molecule has 1 aliphatic rings. The molecule has 0 radical (unpaired) electrons. The zero-order chi connectivity index (χ0) is 15.6. The number of carbonyl (C=O) groups excluding carboxylic acids is 1. The van der Waals surface area contributed by atoms with E-state index < -0.39 is 0 Å². The van der Waals surface area contributed by atoms with Gasteiger partial charge in [-0.05, 0) is 31.4 Å². The maximum atomic E-state index is 12.4. The van der Waals surface area contributed by atoms with Gasteiger partial charge in [-0.1, -0.05) is 6.07 Å². The van der Waals surface area contributed by atoms with Crippen molar-refractivity contribution < 1.29 is 4.79 Å². The Morgan fingerprint density at radius 1 is 1.26 bits per heavy atom. The van der Waals surface area contributed by atoms with Crippen LogP contribution in [0.1, 0.15) is 29.0 Å². The average molecular weight is 308 g/mol. The van der Waals surface area contributed by atoms with Crippen LogP contribution in [-0.4, -0.2) is 30.2 Å². The normalized spacial score (nSPS) is 13.6. The van der Waals surface area contributed by atoms with Crippen molar-refractivity contribution in [3.63, 3.8) is 0 Å². The van der Waals surface area contributed by atoms with Gasteiger partial charge in [-0.2, -0.15) is 5.10 Å². The summed E-state index contributed by atoms with van der Waals surface area (Å²) in [5.41, 5.74) is 1.52. The van der Waals surface area contributed by atoms with Crippen LogP contribution in [0.4, 0.5) is 5.82 Å². The fourth-order valence-electron chi connectivity index (χ4n) is 2.75. The number of rotatable bonds is 3. The van der Waals surface area contributed by atoms with Crippen molar-refractivity contribution >= 4 is 11.7 Å². The monoisotopic (exact) mass is 308 g/mol. The number of carbonyl (C=O) groups is 1. The molecule has 1 amide bonds. The lowest BCUT2D eigenvalue weighted by atomic mass is 10.1. The third kappa shape index (κ3) is 2.73. The summed E-state index contributed by atoms with van der Waals surface area (Å²) >= 11 is 0. The van der Waals surface area contributed by atoms with Crippen molar-refractivity contribution in [1.29, 1.82) is 0 Å². The van der Waals surface area contributed by atoms with Gasteiger partial charge < -0.3 is 5.32 Å². The Morgan fingerprint density at radius 3 is 3.04 bits per heavy atom. The Hall–Kier alpha value is -2.96. The van der Waals surface area contributed by atoms with Crippen LogP contribution in [0.5, 0.6) is 0 Å². The second-order valence-electron chi connectivity index (χ2n) is 5.51. The van der Waals surface area contributed by atoms with Crippen LogP contribution < -0.4 is 5.32 Å². The first-order valence-corrected chi connectivity index (χ1v) is 7.63. The Morgan fingerprint density at radius 2 is 2.22 bits per heavy atom. The summed E-state index contributed by atoms with van der Waals surface area (Å²) in [4.78, 5) is 20.8. The molecular weight excluding hydrogens is 292 g/mol. The highest BCUT2D eigenvalue weighted by molar-refractivity contribution is 6.02. The predicted octanol–water partition coefficient (Wildman–Crippen LogP) is 2.05. The van der Waals surface area contributed by atoms with Crippen molar-refractivity contribution in [2.24, 2.45) is 0 Å². The predicted molar refractivity (Wildman–Crippen MR) is 84.5 cm³/mol. The molecule has 0 aromatic carbocycles. The van der Waals surface area contributed by atoms with E-state index in [4.69, 9.17) is 0 Å². The van der Waals surface area contributed by atoms with E-state index in [2.05, 4.69) is 20.4 Å². The molecule has 0 fully saturated rings. The molecule has 0 bridgehead atoms. The van der Waals surface area contributed by atoms with Crippen molar-refractivity contribution in [3.8, 4) is 5.82 Å². The largest absolute Gasteiger partial charge is 0.304 e. The first-order chi connectivity index (χ1) is 11.3. The lowest BCUT2D eigenvalue weighted by Gasteiger charge is -2.11. The first kappa shape index (κ1) is 13.7. The molecular formula is C16H16N6O. The number of pyridine rings is 1. The van der Waals surface area contributed by atoms with Crippen molar-refractivity contribution in [1.82, 2.24) is 24.3 Å². The van der Waals surface area contributed by atoms with Crippen molar-refractivity contribution in [3.05, 3.63) is 54.4 Å². The minimum atomic E-state index is -0.262. The summed E-state index contributed by atoms with van der Waals surface area (Å²) in [6.07, 6.45) is 8.42. The van der Waals surface area contributed by atoms with E-state index in [1.807, 2.05) is 16.8 Å². The van der Waals surface area contributed by atoms with E-state index in [1.54, 1.807) is 35.4 Å². The van der Waals surface area contributed by atoms with E-state index in [0.29, 0.717) is 17.3 Å². The standard InChI is InChI=1S/C16H16N6O/c23-16(19-14-10-12-4-1-2-8-22(12)20-14)13-5-3-6-15(18-13)21-9-7-17-11-21/h3,5-7,9-11H,1-2,4,8H2,(H,19,20,23). The Bertz CT molecular complexity index is 813. The molecule has 7 heteroatoms. The smallest absolute Gasteiger partial charge is 0.275 e. The third-order valence-corrected chi connectivity index (χ3v) is 3.89. The zero-order valence-corrected chi connectivity index (χ0v) is 12.5. The van der Waals surface area contributed by atoms with Crippen LogP contribution in [0.3, 0.4) is 0 Å². The fraction of sp³-hybridized carbons (Fsp3) is 0.250. The summed E-state index contributed by atoms with van der Waals surface area (Å²) in [5.74, 6) is 0.975. The minimum absolute atomic E-state index is 0.262. The van der Waals surface area contributed by atoms with E-state index in [1.165, 1.54) is 12.1 Å². The second-order valence-corrected chi connectivity index (χ2v) is 5.51. The summed E-state index contributed by atoms with van der Waals surface area (Å²) in [6, 6.07) is 7.26. The summed E-state index contributed by atoms with van der Waals surface area (Å²) < 4.78 is 3.72. The molecule has 0 unspecified atom stereocenters. The molecule has 3 aromatic rings. The maximum Gasteiger partial charge on any atom is 0.275 e. The van der Waals surface area contributed by atoms with Crippen LogP contribution >= 0.6 is 0 Å². The molecule has 1 aliphatic heterocycles. The van der Waals surface area contributed by atoms with Gasteiger partial charge in [0.15, 0.2) is 5.82 Å². The number of hydrogen-bond donors (Lipinski definition) is 1. The van der Waals surface area contributed by atoms with Gasteiger partial charge >= 0.3 is 0 Å². The summed E-state index contributed by atoms with van der Waals surface area (Å²) in [7, 11) is 0. The van der Waals surface area contributed by atoms with E-state index in [0.717, 1.165) is 19.4 Å². The van der Waals surface area contributed by atoms with Crippen molar-refractivity contribution in [2.45, 2.75) is 25.8 Å². The number of aryl methyl sites for hydroxylation is 2. The Balaban J connectivity index is 1.55. The number of fused-ring (bicyclic) bond motifs is 1. The van der Waals surface area contributed by atoms with Gasteiger partial charge in [-0.3, -0.25) is 14.0 Å². The number of anilines is 1. The molecule has 0 saturated heterocycles. The molecule has 0 aliphatic carbocycles. The molecule has 4 rings (SSSR count). The van der Waals surface area contributed by atoms with Crippen LogP contribution in [0.25, 0.3) is 5.82 Å². The van der Waals surface area contributed by atoms with Gasteiger partial charge in [-0.25, -0.2) is 9.97 Å². The highest BCUT2D eigenvalue weighted by Crippen LogP contribution is 2.18. The molecule has 0 saturated carbocycles. The van der Waals surface area contributed by atoms with Crippen LogP contribution in [0.2, 0.25) is 0 Å². The average Bonchev–Trinajstić information content (AvgIpc) is 3.24. The highest BCUT2D eigenvalue weighted by atomic mass is 16.2. The molecule has 23 heavy (non-hydrogen) atoms. The third-order valence-electron chi connectivity index (χ3n) is 3.89. The molecule has 0 spiro atoms. The highest BCUT2D eigenvalue weighted by Gasteiger charge is 2.15. The molecule has 4 heterocycles. The number of nitrogens with zero attached hydrogens (tertiary/aromatic N) is 5. The van der Waals surface area contributed by atoms with Crippen LogP contribution in [0, 0.1) is 0 Å². The van der Waals surface area contributed by atoms with Crippen LogP contribution in [0.15, 0.2) is 43.0 Å². The minimum Gasteiger partial charge on any atom is -0.304 e. The lowest BCUT2D eigenvalue weighted by Crippen LogP contribution is -2.15. The number of nitrogens with one attached hydrogen (secondary N) is 1. The second kappa shape index (κ2) is 5.68. The SMILES string of the molecule is O=C(Nc1cc2n(n1)CCCC2)c1cccc(-n2ccnc2)n1. The first-order valence-electron chi connectivity index (χ1n) is 7.63. The topological polar surface area (TPSA) is 77.6 Å². The zero-order valence-electron chi connectivity index (χ0n) is 12.5. The van der Waals surface area contributed by atoms with Gasteiger partial charge in [0, 0.05) is 30.7 Å². The number of hydrogen-bond acceptors (Lipinski definition) is 4. The van der Waals surface area contributed by atoms with E-state index in [-0.39, 0.29) is 5.91 Å². The van der Waals surface area contributed by atoms with Gasteiger partial charge in [0.1, 0.15) is 17.8 Å². The quantitative estimate of drug-likeness (QED) is 0.803. The molecule has 1 N–H and O–H groups in total. The van der Waals surface area contributed by atoms with Crippen LogP contribution in [-0.2, 0) is 13.0 Å². The number of aromatic nitrogens is 5. The number of amides is 1. The summed E-state index contributed by atoms with van der Waals surface area (Å²) in [5, 5.41) is 7.26. The Labute approximate surface area is 133 Å². The van der Waals surface area contributed by atoms with Gasteiger partial charge in [0.2, 0.25) is 0 Å². The van der Waals surface area contributed by atoms with E-state index >= 15 is 0 Å². The molecule has 7 nitrogen and oxygen atoms in total. The molecule has 3 aromatic heterocycles. The van der Waals surface area contributed by atoms with Crippen molar-refractivity contribution in [2.75, 3.05) is 5.32 Å². The van der Waals surface area contributed by atoms with Gasteiger partial charge in [0.25, 0.3) is 5.91 Å².